The second kappa shape index (κ2) is 12.4. The fraction of sp³-hybridized carbons (Fsp3) is 0.750. The third-order valence-corrected chi connectivity index (χ3v) is 4.09. The molecule has 0 saturated heterocycles. The van der Waals surface area contributed by atoms with Gasteiger partial charge >= 0.3 is 0 Å². The Balaban J connectivity index is 2.26. The van der Waals surface area contributed by atoms with Crippen LogP contribution in [0.1, 0.15) is 50.7 Å². The average molecular weight is 327 g/mol. The number of aryl methyl sites for hydroxylation is 1. The summed E-state index contributed by atoms with van der Waals surface area (Å²) in [5.41, 5.74) is 1.04. The molecule has 0 unspecified atom stereocenters. The zero-order valence-corrected chi connectivity index (χ0v) is 15.0. The van der Waals surface area contributed by atoms with Crippen LogP contribution in [0.2, 0.25) is 0 Å². The van der Waals surface area contributed by atoms with Gasteiger partial charge in [0.1, 0.15) is 0 Å². The molecule has 22 heavy (non-hydrogen) atoms. The van der Waals surface area contributed by atoms with Gasteiger partial charge in [-0.05, 0) is 26.2 Å². The maximum atomic E-state index is 5.55. The van der Waals surface area contributed by atoms with E-state index in [0.717, 1.165) is 57.2 Å². The largest absolute Gasteiger partial charge is 0.381 e. The number of thiazole rings is 1. The van der Waals surface area contributed by atoms with E-state index < -0.39 is 0 Å². The Labute approximate surface area is 138 Å². The molecule has 0 fully saturated rings. The number of rotatable bonds is 11. The quantitative estimate of drug-likeness (QED) is 0.373. The lowest BCUT2D eigenvalue weighted by molar-refractivity contribution is 0.129. The topological polar surface area (TPSA) is 58.5 Å². The van der Waals surface area contributed by atoms with Crippen molar-refractivity contribution >= 4 is 17.3 Å². The fourth-order valence-electron chi connectivity index (χ4n) is 1.82. The van der Waals surface area contributed by atoms with Gasteiger partial charge in [-0.25, -0.2) is 9.98 Å². The molecule has 0 aromatic carbocycles. The summed E-state index contributed by atoms with van der Waals surface area (Å²) in [6, 6.07) is 0. The molecule has 126 valence electrons. The summed E-state index contributed by atoms with van der Waals surface area (Å²) < 4.78 is 5.55. The van der Waals surface area contributed by atoms with Crippen molar-refractivity contribution in [3.05, 3.63) is 16.1 Å². The summed E-state index contributed by atoms with van der Waals surface area (Å²) in [5, 5.41) is 9.86. The maximum Gasteiger partial charge on any atom is 0.191 e. The zero-order valence-electron chi connectivity index (χ0n) is 14.2. The number of guanidine groups is 1. The molecule has 2 N–H and O–H groups in total. The molecule has 0 radical (unpaired) electrons. The first kappa shape index (κ1) is 18.9. The highest BCUT2D eigenvalue weighted by atomic mass is 32.1. The van der Waals surface area contributed by atoms with Crippen molar-refractivity contribution in [2.45, 2.75) is 53.0 Å². The highest BCUT2D eigenvalue weighted by Gasteiger charge is 2.01. The summed E-state index contributed by atoms with van der Waals surface area (Å²) >= 11 is 1.71. The van der Waals surface area contributed by atoms with Gasteiger partial charge in [-0.2, -0.15) is 0 Å². The second-order valence-corrected chi connectivity index (χ2v) is 5.97. The molecular formula is C16H30N4OS. The smallest absolute Gasteiger partial charge is 0.191 e. The predicted octanol–water partition coefficient (Wildman–Crippen LogP) is 2.97. The molecule has 0 amide bonds. The number of unbranched alkanes of at least 4 members (excludes halogenated alkanes) is 1. The molecule has 0 aliphatic carbocycles. The van der Waals surface area contributed by atoms with Crippen molar-refractivity contribution < 1.29 is 4.74 Å². The van der Waals surface area contributed by atoms with Crippen LogP contribution in [0.4, 0.5) is 0 Å². The van der Waals surface area contributed by atoms with Crippen molar-refractivity contribution in [3.8, 4) is 0 Å². The van der Waals surface area contributed by atoms with Gasteiger partial charge in [-0.15, -0.1) is 11.3 Å². The third-order valence-electron chi connectivity index (χ3n) is 3.05. The van der Waals surface area contributed by atoms with Crippen molar-refractivity contribution in [2.24, 2.45) is 4.99 Å². The first-order valence-corrected chi connectivity index (χ1v) is 9.21. The molecule has 1 heterocycles. The van der Waals surface area contributed by atoms with Gasteiger partial charge < -0.3 is 15.4 Å². The molecule has 1 rings (SSSR count). The summed E-state index contributed by atoms with van der Waals surface area (Å²) in [4.78, 5) is 9.11. The predicted molar refractivity (Wildman–Crippen MR) is 94.7 cm³/mol. The summed E-state index contributed by atoms with van der Waals surface area (Å²) in [7, 11) is 0. The van der Waals surface area contributed by atoms with Gasteiger partial charge in [0.05, 0.1) is 17.2 Å². The van der Waals surface area contributed by atoms with Crippen LogP contribution < -0.4 is 10.6 Å². The van der Waals surface area contributed by atoms with Crippen LogP contribution in [0.3, 0.4) is 0 Å². The Kier molecular flexibility index (Phi) is 10.7. The Morgan fingerprint density at radius 2 is 2.05 bits per heavy atom. The van der Waals surface area contributed by atoms with Crippen LogP contribution >= 0.6 is 11.3 Å². The van der Waals surface area contributed by atoms with Gasteiger partial charge in [0.25, 0.3) is 0 Å². The number of ether oxygens (including phenoxy) is 1. The molecule has 1 aromatic rings. The lowest BCUT2D eigenvalue weighted by atomic mass is 10.4. The first-order chi connectivity index (χ1) is 10.8. The molecule has 1 aromatic heterocycles. The van der Waals surface area contributed by atoms with E-state index in [0.29, 0.717) is 6.54 Å². The first-order valence-electron chi connectivity index (χ1n) is 8.33. The van der Waals surface area contributed by atoms with Crippen LogP contribution in [-0.4, -0.2) is 37.2 Å². The van der Waals surface area contributed by atoms with Gasteiger partial charge in [0.2, 0.25) is 0 Å². The summed E-state index contributed by atoms with van der Waals surface area (Å²) in [5.74, 6) is 0.849. The molecule has 0 spiro atoms. The maximum absolute atomic E-state index is 5.55. The van der Waals surface area contributed by atoms with E-state index in [1.807, 2.05) is 0 Å². The normalized spacial score (nSPS) is 11.7. The summed E-state index contributed by atoms with van der Waals surface area (Å²) in [6.45, 7) is 10.4. The van der Waals surface area contributed by atoms with E-state index in [1.54, 1.807) is 11.3 Å². The molecule has 0 atom stereocenters. The second-order valence-electron chi connectivity index (χ2n) is 5.03. The van der Waals surface area contributed by atoms with Crippen molar-refractivity contribution in [2.75, 3.05) is 26.3 Å². The minimum atomic E-state index is 0.624. The van der Waals surface area contributed by atoms with E-state index in [4.69, 9.17) is 4.74 Å². The van der Waals surface area contributed by atoms with Gasteiger partial charge in [-0.3, -0.25) is 0 Å². The lowest BCUT2D eigenvalue weighted by Gasteiger charge is -2.11. The minimum absolute atomic E-state index is 0.624. The van der Waals surface area contributed by atoms with E-state index >= 15 is 0 Å². The number of aromatic nitrogens is 1. The molecule has 0 bridgehead atoms. The SMILES string of the molecule is CCCCOCCCNC(=NCc1csc(CC)n1)NCC. The number of aliphatic imine (C=N–C) groups is 1. The van der Waals surface area contributed by atoms with Gasteiger partial charge in [0.15, 0.2) is 5.96 Å². The lowest BCUT2D eigenvalue weighted by Crippen LogP contribution is -2.38. The Morgan fingerprint density at radius 1 is 1.23 bits per heavy atom. The number of nitrogens with zero attached hydrogens (tertiary/aromatic N) is 2. The Bertz CT molecular complexity index is 420. The highest BCUT2D eigenvalue weighted by Crippen LogP contribution is 2.10. The van der Waals surface area contributed by atoms with E-state index in [9.17, 15) is 0 Å². The third kappa shape index (κ3) is 8.34. The molecule has 0 saturated carbocycles. The van der Waals surface area contributed by atoms with Crippen LogP contribution in [0.15, 0.2) is 10.4 Å². The zero-order chi connectivity index (χ0) is 16.0. The van der Waals surface area contributed by atoms with Crippen molar-refractivity contribution in [3.63, 3.8) is 0 Å². The minimum Gasteiger partial charge on any atom is -0.381 e. The number of nitrogens with one attached hydrogen (secondary N) is 2. The van der Waals surface area contributed by atoms with Crippen LogP contribution in [0.25, 0.3) is 0 Å². The van der Waals surface area contributed by atoms with Crippen LogP contribution in [0.5, 0.6) is 0 Å². The average Bonchev–Trinajstić information content (AvgIpc) is 2.99. The number of hydrogen-bond donors (Lipinski definition) is 2. The van der Waals surface area contributed by atoms with Crippen LogP contribution in [0, 0.1) is 0 Å². The molecule has 5 nitrogen and oxygen atoms in total. The number of hydrogen-bond acceptors (Lipinski definition) is 4. The van der Waals surface area contributed by atoms with E-state index in [-0.39, 0.29) is 0 Å². The highest BCUT2D eigenvalue weighted by molar-refractivity contribution is 7.09. The van der Waals surface area contributed by atoms with E-state index in [2.05, 4.69) is 46.8 Å². The van der Waals surface area contributed by atoms with Gasteiger partial charge in [0, 0.05) is 31.7 Å². The summed E-state index contributed by atoms with van der Waals surface area (Å²) in [6.07, 6.45) is 4.31. The monoisotopic (exact) mass is 326 g/mol. The van der Waals surface area contributed by atoms with Crippen molar-refractivity contribution in [1.82, 2.24) is 15.6 Å². The van der Waals surface area contributed by atoms with Crippen molar-refractivity contribution in [1.29, 1.82) is 0 Å². The van der Waals surface area contributed by atoms with Gasteiger partial charge in [-0.1, -0.05) is 20.3 Å². The van der Waals surface area contributed by atoms with E-state index in [1.165, 1.54) is 11.4 Å². The Morgan fingerprint density at radius 3 is 2.73 bits per heavy atom. The van der Waals surface area contributed by atoms with Crippen LogP contribution in [-0.2, 0) is 17.7 Å². The fourth-order valence-corrected chi connectivity index (χ4v) is 2.55. The molecule has 0 aliphatic rings. The molecule has 6 heteroatoms. The Hall–Kier alpha value is -1.14. The molecule has 0 aliphatic heterocycles. The standard InChI is InChI=1S/C16H30N4OS/c1-4-7-10-21-11-8-9-18-16(17-6-3)19-12-14-13-22-15(5-2)20-14/h13H,4-12H2,1-3H3,(H2,17,18,19). The molecular weight excluding hydrogens is 296 g/mol.